The second-order valence-electron chi connectivity index (χ2n) is 6.79. The number of nitrogens with one attached hydrogen (secondary N) is 1. The molecule has 0 aliphatic carbocycles. The van der Waals surface area contributed by atoms with Crippen molar-refractivity contribution in [1.29, 1.82) is 0 Å². The fraction of sp³-hybridized carbons (Fsp3) is 0.375. The van der Waals surface area contributed by atoms with Crippen molar-refractivity contribution >= 4 is 12.0 Å². The summed E-state index contributed by atoms with van der Waals surface area (Å²) in [5.74, 6) is -0.228. The van der Waals surface area contributed by atoms with Crippen LogP contribution < -0.4 is 5.48 Å². The molecule has 0 radical (unpaired) electrons. The van der Waals surface area contributed by atoms with Gasteiger partial charge in [-0.1, -0.05) is 93.6 Å². The largest absolute Gasteiger partial charge is 0.274 e. The molecule has 0 atom stereocenters. The quantitative estimate of drug-likeness (QED) is 0.353. The van der Waals surface area contributed by atoms with Crippen LogP contribution in [0.3, 0.4) is 0 Å². The molecule has 2 aromatic rings. The number of hydrogen-bond donors (Lipinski definition) is 1. The van der Waals surface area contributed by atoms with Gasteiger partial charge in [0.2, 0.25) is 0 Å². The summed E-state index contributed by atoms with van der Waals surface area (Å²) in [7, 11) is 0. The monoisotopic (exact) mass is 365 g/mol. The van der Waals surface area contributed by atoms with Crippen LogP contribution >= 0.6 is 0 Å². The second kappa shape index (κ2) is 12.9. The highest BCUT2D eigenvalue weighted by Gasteiger charge is 2.04. The number of carbonyl (C=O) groups is 1. The number of hydrogen-bond acceptors (Lipinski definition) is 2. The Bertz CT molecular complexity index is 677. The minimum atomic E-state index is -0.228. The minimum absolute atomic E-state index is 0.228. The average molecular weight is 366 g/mol. The number of carbonyl (C=O) groups excluding carboxylic acids is 1. The third-order valence-corrected chi connectivity index (χ3v) is 4.45. The van der Waals surface area contributed by atoms with Crippen LogP contribution in [-0.4, -0.2) is 5.91 Å². The molecule has 3 nitrogen and oxygen atoms in total. The van der Waals surface area contributed by atoms with E-state index in [0.29, 0.717) is 12.2 Å². The maximum Gasteiger partial charge on any atom is 0.274 e. The number of unbranched alkanes of at least 4 members (excludes halogenated alkanes) is 6. The van der Waals surface area contributed by atoms with E-state index in [1.807, 2.05) is 54.6 Å². The number of amides is 1. The Labute approximate surface area is 163 Å². The molecule has 1 N–H and O–H groups in total. The summed E-state index contributed by atoms with van der Waals surface area (Å²) in [5.41, 5.74) is 5.22. The second-order valence-corrected chi connectivity index (χ2v) is 6.79. The molecule has 0 aromatic heterocycles. The van der Waals surface area contributed by atoms with Crippen molar-refractivity contribution < 1.29 is 9.63 Å². The maximum absolute atomic E-state index is 12.1. The lowest BCUT2D eigenvalue weighted by molar-refractivity contribution is 0.0233. The van der Waals surface area contributed by atoms with Crippen LogP contribution in [0.4, 0.5) is 0 Å². The Morgan fingerprint density at radius 1 is 0.926 bits per heavy atom. The van der Waals surface area contributed by atoms with Gasteiger partial charge in [0.1, 0.15) is 0 Å². The van der Waals surface area contributed by atoms with Crippen LogP contribution in [-0.2, 0) is 11.4 Å². The fourth-order valence-corrected chi connectivity index (χ4v) is 2.83. The highest BCUT2D eigenvalue weighted by atomic mass is 16.6. The predicted molar refractivity (Wildman–Crippen MR) is 112 cm³/mol. The molecular formula is C24H31NO2. The van der Waals surface area contributed by atoms with Gasteiger partial charge in [-0.05, 0) is 36.1 Å². The number of hydroxylamine groups is 1. The fourth-order valence-electron chi connectivity index (χ4n) is 2.83. The topological polar surface area (TPSA) is 38.3 Å². The van der Waals surface area contributed by atoms with Gasteiger partial charge in [0, 0.05) is 5.56 Å². The van der Waals surface area contributed by atoms with Crippen molar-refractivity contribution in [3.63, 3.8) is 0 Å². The van der Waals surface area contributed by atoms with E-state index in [1.54, 1.807) is 0 Å². The molecule has 0 unspecified atom stereocenters. The molecule has 27 heavy (non-hydrogen) atoms. The van der Waals surface area contributed by atoms with Gasteiger partial charge in [-0.25, -0.2) is 5.48 Å². The summed E-state index contributed by atoms with van der Waals surface area (Å²) in [6, 6.07) is 17.3. The summed E-state index contributed by atoms with van der Waals surface area (Å²) >= 11 is 0. The van der Waals surface area contributed by atoms with Crippen molar-refractivity contribution in [1.82, 2.24) is 5.48 Å². The van der Waals surface area contributed by atoms with Crippen LogP contribution in [0.1, 0.15) is 73.4 Å². The number of allylic oxidation sites excluding steroid dienone is 1. The summed E-state index contributed by atoms with van der Waals surface area (Å²) in [6.45, 7) is 2.60. The first kappa shape index (κ1) is 20.9. The number of rotatable bonds is 12. The van der Waals surface area contributed by atoms with Crippen molar-refractivity contribution in [2.75, 3.05) is 0 Å². The highest BCUT2D eigenvalue weighted by Crippen LogP contribution is 2.10. The average Bonchev–Trinajstić information content (AvgIpc) is 2.71. The lowest BCUT2D eigenvalue weighted by Crippen LogP contribution is -2.23. The molecule has 0 aliphatic rings. The van der Waals surface area contributed by atoms with E-state index >= 15 is 0 Å². The van der Waals surface area contributed by atoms with E-state index in [0.717, 1.165) is 17.5 Å². The summed E-state index contributed by atoms with van der Waals surface area (Å²) in [4.78, 5) is 17.4. The zero-order chi connectivity index (χ0) is 19.2. The van der Waals surface area contributed by atoms with Crippen LogP contribution in [0.2, 0.25) is 0 Å². The van der Waals surface area contributed by atoms with Crippen molar-refractivity contribution in [2.45, 2.75) is 58.5 Å². The Morgan fingerprint density at radius 3 is 2.37 bits per heavy atom. The molecule has 0 spiro atoms. The smallest absolute Gasteiger partial charge is 0.269 e. The normalized spacial score (nSPS) is 11.0. The molecule has 144 valence electrons. The lowest BCUT2D eigenvalue weighted by Gasteiger charge is -2.06. The van der Waals surface area contributed by atoms with Crippen LogP contribution in [0.25, 0.3) is 6.08 Å². The molecule has 0 saturated carbocycles. The van der Waals surface area contributed by atoms with E-state index in [9.17, 15) is 4.79 Å². The molecule has 0 heterocycles. The predicted octanol–water partition coefficient (Wildman–Crippen LogP) is 6.31. The minimum Gasteiger partial charge on any atom is -0.269 e. The molecule has 3 heteroatoms. The Balaban J connectivity index is 1.66. The van der Waals surface area contributed by atoms with Crippen LogP contribution in [0.15, 0.2) is 60.7 Å². The van der Waals surface area contributed by atoms with Gasteiger partial charge < -0.3 is 0 Å². The van der Waals surface area contributed by atoms with Crippen molar-refractivity contribution in [3.8, 4) is 0 Å². The van der Waals surface area contributed by atoms with Gasteiger partial charge in [0.05, 0.1) is 6.61 Å². The van der Waals surface area contributed by atoms with Crippen LogP contribution in [0.5, 0.6) is 0 Å². The first-order valence-corrected chi connectivity index (χ1v) is 10.0. The summed E-state index contributed by atoms with van der Waals surface area (Å²) in [6.07, 6.45) is 13.4. The molecular weight excluding hydrogens is 334 g/mol. The third-order valence-electron chi connectivity index (χ3n) is 4.45. The maximum atomic E-state index is 12.1. The van der Waals surface area contributed by atoms with Gasteiger partial charge in [-0.15, -0.1) is 0 Å². The zero-order valence-electron chi connectivity index (χ0n) is 16.3. The van der Waals surface area contributed by atoms with Crippen LogP contribution in [0, 0.1) is 0 Å². The van der Waals surface area contributed by atoms with Gasteiger partial charge in [-0.2, -0.15) is 0 Å². The number of benzene rings is 2. The molecule has 0 bridgehead atoms. The van der Waals surface area contributed by atoms with E-state index < -0.39 is 0 Å². The standard InChI is InChI=1S/C24H31NO2/c1-2-3-4-5-6-7-8-10-13-21-16-18-23(19-17-21)24(26)25-27-20-22-14-11-9-12-15-22/h9-19H,2-8,20H2,1H3,(H,25,26). The lowest BCUT2D eigenvalue weighted by atomic mass is 10.1. The molecule has 2 aromatic carbocycles. The van der Waals surface area contributed by atoms with Gasteiger partial charge in [-0.3, -0.25) is 9.63 Å². The molecule has 0 saturated heterocycles. The van der Waals surface area contributed by atoms with E-state index in [-0.39, 0.29) is 5.91 Å². The molecule has 0 fully saturated rings. The van der Waals surface area contributed by atoms with Crippen molar-refractivity contribution in [2.24, 2.45) is 0 Å². The molecule has 2 rings (SSSR count). The van der Waals surface area contributed by atoms with E-state index in [2.05, 4.69) is 24.6 Å². The van der Waals surface area contributed by atoms with Crippen molar-refractivity contribution in [3.05, 3.63) is 77.4 Å². The Morgan fingerprint density at radius 2 is 1.63 bits per heavy atom. The molecule has 0 aliphatic heterocycles. The first-order valence-electron chi connectivity index (χ1n) is 10.0. The van der Waals surface area contributed by atoms with E-state index in [1.165, 1.54) is 38.5 Å². The van der Waals surface area contributed by atoms with E-state index in [4.69, 9.17) is 4.84 Å². The molecule has 1 amide bonds. The summed E-state index contributed by atoms with van der Waals surface area (Å²) < 4.78 is 0. The Kier molecular flexibility index (Phi) is 9.98. The van der Waals surface area contributed by atoms with Gasteiger partial charge in [0.25, 0.3) is 5.91 Å². The SMILES string of the molecule is CCCCCCCCC=Cc1ccc(C(=O)NOCc2ccccc2)cc1. The highest BCUT2D eigenvalue weighted by molar-refractivity contribution is 5.93. The zero-order valence-corrected chi connectivity index (χ0v) is 16.3. The van der Waals surface area contributed by atoms with Gasteiger partial charge >= 0.3 is 0 Å². The van der Waals surface area contributed by atoms with Gasteiger partial charge in [0.15, 0.2) is 0 Å². The third kappa shape index (κ3) is 8.69. The Hall–Kier alpha value is -2.39. The summed E-state index contributed by atoms with van der Waals surface area (Å²) in [5, 5.41) is 0. The first-order chi connectivity index (χ1) is 13.3.